The van der Waals surface area contributed by atoms with Gasteiger partial charge in [0.05, 0.1) is 7.11 Å². The summed E-state index contributed by atoms with van der Waals surface area (Å²) in [6, 6.07) is 10.4. The zero-order valence-corrected chi connectivity index (χ0v) is 11.9. The standard InChI is InChI=1S/C18H16O3/c1-11-3-4-12-7-13(19-2)5-6-14(12)16-9-18-17(8-15(11)16)20-10-21-18/h5-9H,1,3-4,10H2,2H3. The number of aryl methyl sites for hydroxylation is 1. The zero-order valence-electron chi connectivity index (χ0n) is 11.9. The lowest BCUT2D eigenvalue weighted by atomic mass is 9.95. The maximum atomic E-state index is 5.52. The smallest absolute Gasteiger partial charge is 0.231 e. The summed E-state index contributed by atoms with van der Waals surface area (Å²) in [5.41, 5.74) is 5.97. The van der Waals surface area contributed by atoms with Gasteiger partial charge in [0.1, 0.15) is 5.75 Å². The van der Waals surface area contributed by atoms with Crippen LogP contribution in [0.4, 0.5) is 0 Å². The summed E-state index contributed by atoms with van der Waals surface area (Å²) in [4.78, 5) is 0. The normalized spacial score (nSPS) is 15.2. The second-order valence-corrected chi connectivity index (χ2v) is 5.38. The Hall–Kier alpha value is -2.42. The van der Waals surface area contributed by atoms with Crippen LogP contribution in [0.15, 0.2) is 36.9 Å². The third-order valence-corrected chi connectivity index (χ3v) is 4.19. The Morgan fingerprint density at radius 2 is 1.71 bits per heavy atom. The van der Waals surface area contributed by atoms with Crippen LogP contribution in [0, 0.1) is 0 Å². The van der Waals surface area contributed by atoms with E-state index in [9.17, 15) is 0 Å². The lowest BCUT2D eigenvalue weighted by Crippen LogP contribution is -1.93. The molecule has 2 aromatic carbocycles. The maximum absolute atomic E-state index is 5.52. The lowest BCUT2D eigenvalue weighted by molar-refractivity contribution is 0.174. The van der Waals surface area contributed by atoms with Crippen molar-refractivity contribution in [2.45, 2.75) is 12.8 Å². The molecule has 1 heterocycles. The molecule has 0 radical (unpaired) electrons. The van der Waals surface area contributed by atoms with Crippen LogP contribution in [0.2, 0.25) is 0 Å². The van der Waals surface area contributed by atoms with Gasteiger partial charge in [-0.25, -0.2) is 0 Å². The fraction of sp³-hybridized carbons (Fsp3) is 0.222. The van der Waals surface area contributed by atoms with Gasteiger partial charge in [-0.2, -0.15) is 0 Å². The zero-order chi connectivity index (χ0) is 14.4. The molecule has 106 valence electrons. The minimum absolute atomic E-state index is 0.292. The first kappa shape index (κ1) is 12.3. The van der Waals surface area contributed by atoms with E-state index in [1.807, 2.05) is 6.07 Å². The average molecular weight is 280 g/mol. The van der Waals surface area contributed by atoms with Crippen molar-refractivity contribution in [3.63, 3.8) is 0 Å². The molecule has 0 saturated heterocycles. The summed E-state index contributed by atoms with van der Waals surface area (Å²) >= 11 is 0. The number of hydrogen-bond donors (Lipinski definition) is 0. The van der Waals surface area contributed by atoms with Crippen LogP contribution in [0.1, 0.15) is 17.5 Å². The maximum Gasteiger partial charge on any atom is 0.231 e. The quantitative estimate of drug-likeness (QED) is 0.788. The lowest BCUT2D eigenvalue weighted by Gasteiger charge is -2.12. The van der Waals surface area contributed by atoms with Crippen LogP contribution < -0.4 is 14.2 Å². The molecule has 0 fully saturated rings. The van der Waals surface area contributed by atoms with Crippen molar-refractivity contribution in [2.24, 2.45) is 0 Å². The van der Waals surface area contributed by atoms with Crippen LogP contribution in [-0.2, 0) is 6.42 Å². The first-order valence-corrected chi connectivity index (χ1v) is 7.05. The van der Waals surface area contributed by atoms with Gasteiger partial charge in [0, 0.05) is 0 Å². The highest BCUT2D eigenvalue weighted by Gasteiger charge is 2.23. The summed E-state index contributed by atoms with van der Waals surface area (Å²) in [6.45, 7) is 4.53. The molecule has 1 aliphatic carbocycles. The molecule has 2 aliphatic rings. The molecule has 0 spiro atoms. The number of hydrogen-bond acceptors (Lipinski definition) is 3. The van der Waals surface area contributed by atoms with Gasteiger partial charge in [0.25, 0.3) is 0 Å². The van der Waals surface area contributed by atoms with Gasteiger partial charge in [-0.3, -0.25) is 0 Å². The molecule has 0 unspecified atom stereocenters. The van der Waals surface area contributed by atoms with Gasteiger partial charge >= 0.3 is 0 Å². The SMILES string of the molecule is C=C1CCc2cc(OC)ccc2-c2cc3c(cc21)OCO3. The van der Waals surface area contributed by atoms with E-state index in [0.29, 0.717) is 6.79 Å². The van der Waals surface area contributed by atoms with Gasteiger partial charge < -0.3 is 14.2 Å². The van der Waals surface area contributed by atoms with Crippen molar-refractivity contribution < 1.29 is 14.2 Å². The largest absolute Gasteiger partial charge is 0.497 e. The Labute approximate surface area is 123 Å². The van der Waals surface area contributed by atoms with Gasteiger partial charge in [-0.05, 0) is 64.9 Å². The Kier molecular flexibility index (Phi) is 2.67. The van der Waals surface area contributed by atoms with E-state index >= 15 is 0 Å². The van der Waals surface area contributed by atoms with Gasteiger partial charge in [-0.1, -0.05) is 12.6 Å². The van der Waals surface area contributed by atoms with Gasteiger partial charge in [0.15, 0.2) is 11.5 Å². The van der Waals surface area contributed by atoms with Crippen LogP contribution in [0.5, 0.6) is 17.2 Å². The summed E-state index contributed by atoms with van der Waals surface area (Å²) in [7, 11) is 1.70. The van der Waals surface area contributed by atoms with Crippen molar-refractivity contribution in [3.05, 3.63) is 48.0 Å². The van der Waals surface area contributed by atoms with Gasteiger partial charge in [-0.15, -0.1) is 0 Å². The van der Waals surface area contributed by atoms with Crippen molar-refractivity contribution in [1.82, 2.24) is 0 Å². The molecule has 21 heavy (non-hydrogen) atoms. The van der Waals surface area contributed by atoms with Crippen LogP contribution >= 0.6 is 0 Å². The molecule has 0 bridgehead atoms. The topological polar surface area (TPSA) is 27.7 Å². The van der Waals surface area contributed by atoms with Crippen LogP contribution in [-0.4, -0.2) is 13.9 Å². The van der Waals surface area contributed by atoms with Crippen molar-refractivity contribution in [2.75, 3.05) is 13.9 Å². The molecule has 3 nitrogen and oxygen atoms in total. The summed E-state index contributed by atoms with van der Waals surface area (Å²) < 4.78 is 16.4. The van der Waals surface area contributed by atoms with E-state index in [4.69, 9.17) is 14.2 Å². The molecule has 4 rings (SSSR count). The van der Waals surface area contributed by atoms with Crippen LogP contribution in [0.3, 0.4) is 0 Å². The van der Waals surface area contributed by atoms with E-state index in [0.717, 1.165) is 41.2 Å². The molecule has 0 aromatic heterocycles. The number of ether oxygens (including phenoxy) is 3. The molecule has 0 N–H and O–H groups in total. The minimum atomic E-state index is 0.292. The molecule has 2 aromatic rings. The number of methoxy groups -OCH3 is 1. The molecule has 0 atom stereocenters. The highest BCUT2D eigenvalue weighted by Crippen LogP contribution is 2.45. The molecule has 1 aliphatic heterocycles. The highest BCUT2D eigenvalue weighted by molar-refractivity contribution is 5.86. The Balaban J connectivity index is 1.96. The van der Waals surface area contributed by atoms with E-state index in [1.54, 1.807) is 7.11 Å². The molecular weight excluding hydrogens is 264 g/mol. The van der Waals surface area contributed by atoms with Gasteiger partial charge in [0.2, 0.25) is 6.79 Å². The molecule has 0 amide bonds. The highest BCUT2D eigenvalue weighted by atomic mass is 16.7. The summed E-state index contributed by atoms with van der Waals surface area (Å²) in [5.74, 6) is 2.51. The number of rotatable bonds is 1. The third-order valence-electron chi connectivity index (χ3n) is 4.19. The Bertz CT molecular complexity index is 746. The minimum Gasteiger partial charge on any atom is -0.497 e. The molecule has 0 saturated carbocycles. The molecular formula is C18H16O3. The summed E-state index contributed by atoms with van der Waals surface area (Å²) in [5, 5.41) is 0. The van der Waals surface area contributed by atoms with Crippen molar-refractivity contribution in [1.29, 1.82) is 0 Å². The predicted octanol–water partition coefficient (Wildman–Crippen LogP) is 4.05. The number of benzene rings is 2. The van der Waals surface area contributed by atoms with E-state index in [1.165, 1.54) is 16.7 Å². The predicted molar refractivity (Wildman–Crippen MR) is 81.9 cm³/mol. The van der Waals surface area contributed by atoms with Crippen molar-refractivity contribution >= 4 is 5.57 Å². The fourth-order valence-corrected chi connectivity index (χ4v) is 3.04. The number of allylic oxidation sites excluding steroid dienone is 1. The average Bonchev–Trinajstić information content (AvgIpc) is 2.93. The Morgan fingerprint density at radius 3 is 2.48 bits per heavy atom. The van der Waals surface area contributed by atoms with E-state index in [2.05, 4.69) is 30.8 Å². The van der Waals surface area contributed by atoms with Crippen LogP contribution in [0.25, 0.3) is 16.7 Å². The second-order valence-electron chi connectivity index (χ2n) is 5.38. The number of fused-ring (bicyclic) bond motifs is 4. The first-order valence-electron chi connectivity index (χ1n) is 7.05. The monoisotopic (exact) mass is 280 g/mol. The molecule has 3 heteroatoms. The Morgan fingerprint density at radius 1 is 0.952 bits per heavy atom. The van der Waals surface area contributed by atoms with E-state index in [-0.39, 0.29) is 0 Å². The summed E-state index contributed by atoms with van der Waals surface area (Å²) in [6.07, 6.45) is 1.90. The third kappa shape index (κ3) is 1.88. The fourth-order valence-electron chi connectivity index (χ4n) is 3.04. The first-order chi connectivity index (χ1) is 10.3. The van der Waals surface area contributed by atoms with E-state index < -0.39 is 0 Å². The second kappa shape index (κ2) is 4.55. The van der Waals surface area contributed by atoms with Crippen molar-refractivity contribution in [3.8, 4) is 28.4 Å².